The number of hydrogen-bond donors (Lipinski definition) is 2. The molecule has 138 valence electrons. The van der Waals surface area contributed by atoms with Gasteiger partial charge in [-0.15, -0.1) is 0 Å². The van der Waals surface area contributed by atoms with E-state index in [1.54, 1.807) is 29.4 Å². The van der Waals surface area contributed by atoms with Crippen molar-refractivity contribution >= 4 is 23.5 Å². The van der Waals surface area contributed by atoms with Crippen molar-refractivity contribution in [2.24, 2.45) is 5.92 Å². The molecule has 0 bridgehead atoms. The maximum atomic E-state index is 12.8. The van der Waals surface area contributed by atoms with Gasteiger partial charge in [-0.3, -0.25) is 19.5 Å². The number of β-lactam (4-membered cyclic amide) rings is 1. The van der Waals surface area contributed by atoms with Gasteiger partial charge >= 0.3 is 5.97 Å². The minimum Gasteiger partial charge on any atom is -0.477 e. The smallest absolute Gasteiger partial charge is 0.352 e. The third-order valence-corrected chi connectivity index (χ3v) is 5.89. The lowest BCUT2D eigenvalue weighted by molar-refractivity contribution is -0.153. The van der Waals surface area contributed by atoms with E-state index in [0.29, 0.717) is 37.1 Å². The van der Waals surface area contributed by atoms with Gasteiger partial charge in [0.2, 0.25) is 5.91 Å². The fourth-order valence-corrected chi connectivity index (χ4v) is 4.67. The first-order valence-corrected chi connectivity index (χ1v) is 9.01. The Bertz CT molecular complexity index is 923. The van der Waals surface area contributed by atoms with E-state index in [-0.39, 0.29) is 35.5 Å². The lowest BCUT2D eigenvalue weighted by atomic mass is 9.79. The van der Waals surface area contributed by atoms with Crippen molar-refractivity contribution in [2.75, 3.05) is 18.0 Å². The molecular weight excluding hydrogens is 348 g/mol. The second-order valence-corrected chi connectivity index (χ2v) is 7.32. The van der Waals surface area contributed by atoms with Crippen LogP contribution >= 0.6 is 0 Å². The van der Waals surface area contributed by atoms with Crippen molar-refractivity contribution in [3.05, 3.63) is 47.4 Å². The molecule has 3 fully saturated rings. The normalized spacial score (nSPS) is 30.8. The van der Waals surface area contributed by atoms with Gasteiger partial charge in [-0.05, 0) is 42.5 Å². The van der Waals surface area contributed by atoms with Gasteiger partial charge in [0.15, 0.2) is 0 Å². The molecule has 0 aromatic carbocycles. The predicted octanol–water partition coefficient (Wildman–Crippen LogP) is 0.286. The summed E-state index contributed by atoms with van der Waals surface area (Å²) >= 11 is 0. The molecule has 5 heterocycles. The highest BCUT2D eigenvalue weighted by molar-refractivity contribution is 6.08. The quantitative estimate of drug-likeness (QED) is 0.589. The number of amides is 2. The largest absolute Gasteiger partial charge is 0.477 e. The number of carbonyl (C=O) groups is 3. The molecule has 0 aliphatic carbocycles. The van der Waals surface area contributed by atoms with Crippen LogP contribution in [0.4, 0.5) is 5.69 Å². The van der Waals surface area contributed by atoms with E-state index in [2.05, 4.69) is 10.3 Å². The molecule has 2 amide bonds. The standard InChI is InChI=1S/C19H18N4O4/c24-17-10(3-5-22(17)13-2-1-4-20-9-13)6-11-7-12-8-21-14-15(12)23(18(14)25)16(11)19(26)27/h1-2,4,6,9,12,14-15,21H,3,5,7-8H2,(H,26,27)/b10-6+/t12?,14?,15-/m1/s1. The molecule has 0 saturated carbocycles. The Labute approximate surface area is 155 Å². The molecule has 0 spiro atoms. The summed E-state index contributed by atoms with van der Waals surface area (Å²) in [7, 11) is 0. The first kappa shape index (κ1) is 16.2. The molecule has 2 N–H and O–H groups in total. The summed E-state index contributed by atoms with van der Waals surface area (Å²) in [5.41, 5.74) is 1.89. The number of rotatable bonds is 3. The second-order valence-electron chi connectivity index (χ2n) is 7.32. The Kier molecular flexibility index (Phi) is 3.45. The van der Waals surface area contributed by atoms with Crippen molar-refractivity contribution < 1.29 is 19.5 Å². The third-order valence-electron chi connectivity index (χ3n) is 5.89. The number of nitrogens with one attached hydrogen (secondary N) is 1. The number of nitrogens with zero attached hydrogens (tertiary/aromatic N) is 3. The molecule has 4 aliphatic rings. The minimum atomic E-state index is -1.12. The van der Waals surface area contributed by atoms with Gasteiger partial charge in [-0.2, -0.15) is 0 Å². The van der Waals surface area contributed by atoms with Gasteiger partial charge in [0.25, 0.3) is 5.91 Å². The molecular formula is C19H18N4O4. The molecule has 2 unspecified atom stereocenters. The topological polar surface area (TPSA) is 103 Å². The number of aliphatic carboxylic acids is 1. The number of carboxylic acid groups (broad SMARTS) is 1. The van der Waals surface area contributed by atoms with Crippen LogP contribution in [0, 0.1) is 5.92 Å². The van der Waals surface area contributed by atoms with Crippen molar-refractivity contribution in [3.63, 3.8) is 0 Å². The highest BCUT2D eigenvalue weighted by Gasteiger charge is 2.59. The molecule has 1 aromatic rings. The van der Waals surface area contributed by atoms with Crippen LogP contribution in [0.1, 0.15) is 12.8 Å². The average Bonchev–Trinajstić information content (AvgIpc) is 3.23. The van der Waals surface area contributed by atoms with Crippen LogP contribution in [-0.2, 0) is 14.4 Å². The van der Waals surface area contributed by atoms with Crippen LogP contribution < -0.4 is 10.2 Å². The zero-order valence-electron chi connectivity index (χ0n) is 14.5. The number of allylic oxidation sites excluding steroid dienone is 2. The van der Waals surface area contributed by atoms with Gasteiger partial charge < -0.3 is 15.3 Å². The van der Waals surface area contributed by atoms with E-state index >= 15 is 0 Å². The van der Waals surface area contributed by atoms with Crippen LogP contribution in [0.5, 0.6) is 0 Å². The van der Waals surface area contributed by atoms with Gasteiger partial charge in [0.1, 0.15) is 11.7 Å². The highest BCUT2D eigenvalue weighted by Crippen LogP contribution is 2.44. The van der Waals surface area contributed by atoms with Gasteiger partial charge in [-0.25, -0.2) is 4.79 Å². The Morgan fingerprint density at radius 3 is 2.96 bits per heavy atom. The number of carboxylic acids is 1. The Hall–Kier alpha value is -3.00. The molecule has 1 aromatic heterocycles. The Morgan fingerprint density at radius 1 is 1.37 bits per heavy atom. The molecule has 27 heavy (non-hydrogen) atoms. The number of aromatic nitrogens is 1. The fourth-order valence-electron chi connectivity index (χ4n) is 4.67. The summed E-state index contributed by atoms with van der Waals surface area (Å²) in [4.78, 5) is 44.1. The first-order valence-electron chi connectivity index (χ1n) is 9.01. The highest BCUT2D eigenvalue weighted by atomic mass is 16.4. The lowest BCUT2D eigenvalue weighted by Gasteiger charge is -2.48. The van der Waals surface area contributed by atoms with E-state index in [9.17, 15) is 19.5 Å². The monoisotopic (exact) mass is 366 g/mol. The first-order chi connectivity index (χ1) is 13.1. The summed E-state index contributed by atoms with van der Waals surface area (Å²) in [5, 5.41) is 12.9. The third kappa shape index (κ3) is 2.26. The van der Waals surface area contributed by atoms with Crippen molar-refractivity contribution in [1.29, 1.82) is 0 Å². The van der Waals surface area contributed by atoms with E-state index in [1.165, 1.54) is 4.90 Å². The van der Waals surface area contributed by atoms with Crippen LogP contribution in [0.15, 0.2) is 47.4 Å². The lowest BCUT2D eigenvalue weighted by Crippen LogP contribution is -2.68. The molecule has 8 heteroatoms. The number of pyridine rings is 1. The SMILES string of the molecule is O=C(O)C1=C(/C=C2\CCN(c3cccnc3)C2=O)CC2CNC3C(=O)N1[C@H]23. The van der Waals surface area contributed by atoms with Crippen LogP contribution in [0.3, 0.4) is 0 Å². The van der Waals surface area contributed by atoms with E-state index < -0.39 is 5.97 Å². The summed E-state index contributed by atoms with van der Waals surface area (Å²) in [6, 6.07) is 3.27. The Balaban J connectivity index is 1.50. The zero-order chi connectivity index (χ0) is 18.7. The van der Waals surface area contributed by atoms with E-state index in [1.807, 2.05) is 6.07 Å². The zero-order valence-corrected chi connectivity index (χ0v) is 14.5. The Morgan fingerprint density at radius 2 is 2.22 bits per heavy atom. The maximum Gasteiger partial charge on any atom is 0.352 e. The van der Waals surface area contributed by atoms with Gasteiger partial charge in [0, 0.05) is 24.9 Å². The molecule has 8 nitrogen and oxygen atoms in total. The molecule has 0 radical (unpaired) electrons. The molecule has 5 rings (SSSR count). The van der Waals surface area contributed by atoms with Crippen molar-refractivity contribution in [1.82, 2.24) is 15.2 Å². The van der Waals surface area contributed by atoms with Crippen molar-refractivity contribution in [3.8, 4) is 0 Å². The minimum absolute atomic E-state index is 0.0290. The van der Waals surface area contributed by atoms with E-state index in [0.717, 1.165) is 5.69 Å². The fraction of sp³-hybridized carbons (Fsp3) is 0.368. The number of carbonyl (C=O) groups excluding carboxylic acids is 2. The van der Waals surface area contributed by atoms with Crippen LogP contribution in [0.2, 0.25) is 0 Å². The molecule has 3 saturated heterocycles. The molecule has 4 aliphatic heterocycles. The summed E-state index contributed by atoms with van der Waals surface area (Å²) in [6.07, 6.45) is 6.07. The second kappa shape index (κ2) is 5.75. The van der Waals surface area contributed by atoms with Gasteiger partial charge in [-0.1, -0.05) is 0 Å². The summed E-state index contributed by atoms with van der Waals surface area (Å²) in [5.74, 6) is -1.26. The predicted molar refractivity (Wildman–Crippen MR) is 94.5 cm³/mol. The van der Waals surface area contributed by atoms with Crippen LogP contribution in [-0.4, -0.2) is 57.9 Å². The van der Waals surface area contributed by atoms with Crippen molar-refractivity contribution in [2.45, 2.75) is 24.9 Å². The van der Waals surface area contributed by atoms with Crippen LogP contribution in [0.25, 0.3) is 0 Å². The molecule has 3 atom stereocenters. The number of hydrogen-bond acceptors (Lipinski definition) is 5. The maximum absolute atomic E-state index is 12.8. The average molecular weight is 366 g/mol. The van der Waals surface area contributed by atoms with E-state index in [4.69, 9.17) is 0 Å². The summed E-state index contributed by atoms with van der Waals surface area (Å²) < 4.78 is 0. The van der Waals surface area contributed by atoms with Gasteiger partial charge in [0.05, 0.1) is 17.9 Å². The number of anilines is 1. The summed E-state index contributed by atoms with van der Waals surface area (Å²) in [6.45, 7) is 1.22.